The highest BCUT2D eigenvalue weighted by molar-refractivity contribution is 6.05. The summed E-state index contributed by atoms with van der Waals surface area (Å²) in [6, 6.07) is 31.5. The number of hydrogen-bond donors (Lipinski definition) is 0. The SMILES string of the molecule is Cc1nc2ccc3cc(-c4ccccc4)ccc3c2nc1-c1ccccc1. The van der Waals surface area contributed by atoms with Crippen molar-refractivity contribution < 1.29 is 0 Å². The molecule has 4 aromatic carbocycles. The van der Waals surface area contributed by atoms with E-state index in [4.69, 9.17) is 9.97 Å². The van der Waals surface area contributed by atoms with Crippen LogP contribution in [0.3, 0.4) is 0 Å². The van der Waals surface area contributed by atoms with Crippen molar-refractivity contribution in [2.75, 3.05) is 0 Å². The molecule has 27 heavy (non-hydrogen) atoms. The Morgan fingerprint density at radius 3 is 2.04 bits per heavy atom. The number of hydrogen-bond acceptors (Lipinski definition) is 2. The number of nitrogens with zero attached hydrogens (tertiary/aromatic N) is 2. The van der Waals surface area contributed by atoms with Crippen LogP contribution in [0.4, 0.5) is 0 Å². The summed E-state index contributed by atoms with van der Waals surface area (Å²) in [6.07, 6.45) is 0. The average molecular weight is 346 g/mol. The molecule has 0 atom stereocenters. The van der Waals surface area contributed by atoms with Gasteiger partial charge in [0.15, 0.2) is 0 Å². The Morgan fingerprint density at radius 1 is 0.593 bits per heavy atom. The Labute approximate surface area is 158 Å². The standard InChI is InChI=1S/C25H18N2/c1-17-24(19-10-6-3-7-11-19)27-25-22-14-12-20(18-8-4-2-5-9-18)16-21(22)13-15-23(25)26-17/h2-16H,1H3. The molecule has 1 heterocycles. The first-order valence-electron chi connectivity index (χ1n) is 9.11. The van der Waals surface area contributed by atoms with Gasteiger partial charge in [0.05, 0.1) is 22.4 Å². The highest BCUT2D eigenvalue weighted by atomic mass is 14.8. The molecule has 0 aliphatic rings. The number of rotatable bonds is 2. The Bertz CT molecular complexity index is 1260. The van der Waals surface area contributed by atoms with E-state index < -0.39 is 0 Å². The minimum atomic E-state index is 0.937. The zero-order valence-electron chi connectivity index (χ0n) is 15.1. The molecule has 0 saturated heterocycles. The van der Waals surface area contributed by atoms with Crippen LogP contribution in [0.2, 0.25) is 0 Å². The van der Waals surface area contributed by atoms with Gasteiger partial charge in [0.2, 0.25) is 0 Å². The van der Waals surface area contributed by atoms with Crippen LogP contribution in [-0.2, 0) is 0 Å². The summed E-state index contributed by atoms with van der Waals surface area (Å²) in [6.45, 7) is 2.03. The third-order valence-electron chi connectivity index (χ3n) is 4.98. The Kier molecular flexibility index (Phi) is 3.68. The molecule has 0 aliphatic heterocycles. The largest absolute Gasteiger partial charge is 0.249 e. The first-order valence-corrected chi connectivity index (χ1v) is 9.11. The summed E-state index contributed by atoms with van der Waals surface area (Å²) >= 11 is 0. The third-order valence-corrected chi connectivity index (χ3v) is 4.98. The maximum Gasteiger partial charge on any atom is 0.0972 e. The summed E-state index contributed by atoms with van der Waals surface area (Å²) in [5.74, 6) is 0. The van der Waals surface area contributed by atoms with Crippen LogP contribution >= 0.6 is 0 Å². The molecule has 128 valence electrons. The maximum absolute atomic E-state index is 5.01. The Balaban J connectivity index is 1.74. The molecule has 0 fully saturated rings. The van der Waals surface area contributed by atoms with Gasteiger partial charge in [0.1, 0.15) is 0 Å². The van der Waals surface area contributed by atoms with Crippen molar-refractivity contribution in [1.82, 2.24) is 9.97 Å². The third kappa shape index (κ3) is 2.76. The predicted octanol–water partition coefficient (Wildman–Crippen LogP) is 6.43. The van der Waals surface area contributed by atoms with Crippen molar-refractivity contribution in [2.24, 2.45) is 0 Å². The van der Waals surface area contributed by atoms with Crippen LogP contribution in [0.5, 0.6) is 0 Å². The van der Waals surface area contributed by atoms with E-state index in [1.807, 2.05) is 31.2 Å². The topological polar surface area (TPSA) is 25.8 Å². The molecular formula is C25H18N2. The molecule has 5 aromatic rings. The Morgan fingerprint density at radius 2 is 1.30 bits per heavy atom. The lowest BCUT2D eigenvalue weighted by Gasteiger charge is -2.10. The second-order valence-corrected chi connectivity index (χ2v) is 6.76. The highest BCUT2D eigenvalue weighted by Gasteiger charge is 2.10. The van der Waals surface area contributed by atoms with Crippen molar-refractivity contribution in [3.63, 3.8) is 0 Å². The molecule has 2 nitrogen and oxygen atoms in total. The normalized spacial score (nSPS) is 11.1. The van der Waals surface area contributed by atoms with Gasteiger partial charge in [-0.25, -0.2) is 9.97 Å². The quantitative estimate of drug-likeness (QED) is 0.344. The van der Waals surface area contributed by atoms with E-state index in [1.54, 1.807) is 0 Å². The molecule has 0 unspecified atom stereocenters. The van der Waals surface area contributed by atoms with Gasteiger partial charge < -0.3 is 0 Å². The van der Waals surface area contributed by atoms with Crippen LogP contribution in [0.25, 0.3) is 44.2 Å². The van der Waals surface area contributed by atoms with Crippen LogP contribution in [0.1, 0.15) is 5.69 Å². The van der Waals surface area contributed by atoms with Gasteiger partial charge >= 0.3 is 0 Å². The number of aromatic nitrogens is 2. The number of aryl methyl sites for hydroxylation is 1. The molecule has 2 heteroatoms. The van der Waals surface area contributed by atoms with E-state index in [1.165, 1.54) is 16.5 Å². The van der Waals surface area contributed by atoms with Gasteiger partial charge in [-0.2, -0.15) is 0 Å². The zero-order chi connectivity index (χ0) is 18.2. The zero-order valence-corrected chi connectivity index (χ0v) is 15.1. The second-order valence-electron chi connectivity index (χ2n) is 6.76. The molecule has 0 radical (unpaired) electrons. The molecular weight excluding hydrogens is 328 g/mol. The van der Waals surface area contributed by atoms with Crippen LogP contribution in [0.15, 0.2) is 91.0 Å². The van der Waals surface area contributed by atoms with Gasteiger partial charge in [-0.05, 0) is 35.6 Å². The molecule has 5 rings (SSSR count). The summed E-state index contributed by atoms with van der Waals surface area (Å²) in [5, 5.41) is 2.32. The van der Waals surface area contributed by atoms with Crippen LogP contribution in [-0.4, -0.2) is 9.97 Å². The lowest BCUT2D eigenvalue weighted by molar-refractivity contribution is 1.19. The highest BCUT2D eigenvalue weighted by Crippen LogP contribution is 2.30. The van der Waals surface area contributed by atoms with Gasteiger partial charge in [-0.1, -0.05) is 78.9 Å². The van der Waals surface area contributed by atoms with Crippen LogP contribution < -0.4 is 0 Å². The minimum absolute atomic E-state index is 0.937. The fourth-order valence-electron chi connectivity index (χ4n) is 3.62. The van der Waals surface area contributed by atoms with Gasteiger partial charge in [-0.3, -0.25) is 0 Å². The van der Waals surface area contributed by atoms with Crippen molar-refractivity contribution in [2.45, 2.75) is 6.92 Å². The van der Waals surface area contributed by atoms with E-state index in [0.717, 1.165) is 33.4 Å². The van der Waals surface area contributed by atoms with E-state index in [9.17, 15) is 0 Å². The predicted molar refractivity (Wildman–Crippen MR) is 113 cm³/mol. The molecule has 0 amide bonds. The first kappa shape index (κ1) is 15.7. The Hall–Kier alpha value is -3.52. The molecule has 0 N–H and O–H groups in total. The average Bonchev–Trinajstić information content (AvgIpc) is 2.74. The maximum atomic E-state index is 5.01. The summed E-state index contributed by atoms with van der Waals surface area (Å²) in [5.41, 5.74) is 7.33. The fraction of sp³-hybridized carbons (Fsp3) is 0.0400. The summed E-state index contributed by atoms with van der Waals surface area (Å²) < 4.78 is 0. The first-order chi connectivity index (χ1) is 13.3. The number of benzene rings is 4. The van der Waals surface area contributed by atoms with Crippen molar-refractivity contribution in [1.29, 1.82) is 0 Å². The van der Waals surface area contributed by atoms with Gasteiger partial charge in [0, 0.05) is 10.9 Å². The van der Waals surface area contributed by atoms with Crippen LogP contribution in [0, 0.1) is 6.92 Å². The lowest BCUT2D eigenvalue weighted by atomic mass is 10.00. The molecule has 1 aromatic heterocycles. The monoisotopic (exact) mass is 346 g/mol. The van der Waals surface area contributed by atoms with Crippen molar-refractivity contribution in [3.8, 4) is 22.4 Å². The van der Waals surface area contributed by atoms with Crippen molar-refractivity contribution >= 4 is 21.8 Å². The summed E-state index contributed by atoms with van der Waals surface area (Å²) in [4.78, 5) is 9.83. The molecule has 0 bridgehead atoms. The minimum Gasteiger partial charge on any atom is -0.249 e. The lowest BCUT2D eigenvalue weighted by Crippen LogP contribution is -1.95. The van der Waals surface area contributed by atoms with E-state index >= 15 is 0 Å². The van der Waals surface area contributed by atoms with E-state index in [2.05, 4.69) is 66.7 Å². The summed E-state index contributed by atoms with van der Waals surface area (Å²) in [7, 11) is 0. The second kappa shape index (κ2) is 6.33. The molecule has 0 aliphatic carbocycles. The molecule has 0 spiro atoms. The number of fused-ring (bicyclic) bond motifs is 3. The van der Waals surface area contributed by atoms with Gasteiger partial charge in [-0.15, -0.1) is 0 Å². The van der Waals surface area contributed by atoms with Gasteiger partial charge in [0.25, 0.3) is 0 Å². The molecule has 0 saturated carbocycles. The van der Waals surface area contributed by atoms with Crippen molar-refractivity contribution in [3.05, 3.63) is 96.7 Å². The van der Waals surface area contributed by atoms with E-state index in [0.29, 0.717) is 0 Å². The fourth-order valence-corrected chi connectivity index (χ4v) is 3.62. The van der Waals surface area contributed by atoms with E-state index in [-0.39, 0.29) is 0 Å². The smallest absolute Gasteiger partial charge is 0.0972 e.